The molecule has 1 saturated heterocycles. The first kappa shape index (κ1) is 7.50. The third kappa shape index (κ3) is 1.25. The first-order valence-electron chi connectivity index (χ1n) is 4.96. The molecule has 0 amide bonds. The molecule has 1 unspecified atom stereocenters. The van der Waals surface area contributed by atoms with Crippen LogP contribution in [0.15, 0.2) is 6.33 Å². The van der Waals surface area contributed by atoms with Crippen LogP contribution in [0.4, 0.5) is 0 Å². The van der Waals surface area contributed by atoms with Crippen molar-refractivity contribution < 1.29 is 4.74 Å². The monoisotopic (exact) mass is 179 g/mol. The highest BCUT2D eigenvalue weighted by Crippen LogP contribution is 2.38. The molecule has 1 aliphatic carbocycles. The van der Waals surface area contributed by atoms with Gasteiger partial charge in [0.15, 0.2) is 5.82 Å². The molecule has 0 bridgehead atoms. The van der Waals surface area contributed by atoms with E-state index >= 15 is 0 Å². The molecule has 4 nitrogen and oxygen atoms in total. The molecular formula is C9H13N3O. The van der Waals surface area contributed by atoms with E-state index in [2.05, 4.69) is 14.8 Å². The third-order valence-electron chi connectivity index (χ3n) is 2.76. The Kier molecular flexibility index (Phi) is 1.62. The predicted octanol–water partition coefficient (Wildman–Crippen LogP) is 1.46. The van der Waals surface area contributed by atoms with E-state index in [-0.39, 0.29) is 6.10 Å². The highest BCUT2D eigenvalue weighted by atomic mass is 16.5. The minimum Gasteiger partial charge on any atom is -0.370 e. The summed E-state index contributed by atoms with van der Waals surface area (Å²) >= 11 is 0. The Morgan fingerprint density at radius 2 is 2.31 bits per heavy atom. The van der Waals surface area contributed by atoms with Gasteiger partial charge in [-0.15, -0.1) is 10.2 Å². The third-order valence-corrected chi connectivity index (χ3v) is 2.76. The summed E-state index contributed by atoms with van der Waals surface area (Å²) < 4.78 is 7.78. The number of rotatable bonds is 2. The van der Waals surface area contributed by atoms with Crippen molar-refractivity contribution in [3.63, 3.8) is 0 Å². The van der Waals surface area contributed by atoms with Crippen molar-refractivity contribution in [1.82, 2.24) is 14.8 Å². The van der Waals surface area contributed by atoms with Crippen LogP contribution >= 0.6 is 0 Å². The van der Waals surface area contributed by atoms with E-state index in [9.17, 15) is 0 Å². The zero-order chi connectivity index (χ0) is 8.67. The molecule has 1 aliphatic heterocycles. The summed E-state index contributed by atoms with van der Waals surface area (Å²) in [6, 6.07) is 0.661. The van der Waals surface area contributed by atoms with Gasteiger partial charge in [-0.3, -0.25) is 0 Å². The molecule has 2 heterocycles. The van der Waals surface area contributed by atoms with Crippen LogP contribution in [-0.2, 0) is 4.74 Å². The van der Waals surface area contributed by atoms with Gasteiger partial charge in [-0.05, 0) is 25.7 Å². The largest absolute Gasteiger partial charge is 0.370 e. The minimum atomic E-state index is 0.211. The summed E-state index contributed by atoms with van der Waals surface area (Å²) in [5, 5.41) is 8.11. The molecule has 1 aromatic heterocycles. The van der Waals surface area contributed by atoms with Gasteiger partial charge in [-0.1, -0.05) is 0 Å². The van der Waals surface area contributed by atoms with Crippen LogP contribution in [0, 0.1) is 0 Å². The second-order valence-electron chi connectivity index (χ2n) is 3.83. The second-order valence-corrected chi connectivity index (χ2v) is 3.83. The van der Waals surface area contributed by atoms with E-state index in [1.54, 1.807) is 0 Å². The molecular weight excluding hydrogens is 166 g/mol. The molecule has 13 heavy (non-hydrogen) atoms. The lowest BCUT2D eigenvalue weighted by molar-refractivity contribution is 0.101. The molecule has 0 N–H and O–H groups in total. The predicted molar refractivity (Wildman–Crippen MR) is 46.2 cm³/mol. The summed E-state index contributed by atoms with van der Waals surface area (Å²) in [5.41, 5.74) is 0. The fraction of sp³-hybridized carbons (Fsp3) is 0.778. The second kappa shape index (κ2) is 2.80. The molecule has 0 aromatic carbocycles. The molecule has 3 rings (SSSR count). The molecule has 2 aliphatic rings. The van der Waals surface area contributed by atoms with Crippen molar-refractivity contribution in [1.29, 1.82) is 0 Å². The number of hydrogen-bond acceptors (Lipinski definition) is 3. The van der Waals surface area contributed by atoms with Gasteiger partial charge < -0.3 is 9.30 Å². The SMILES string of the molecule is c1nnc(C2CCCO2)n1C1CC1. The lowest BCUT2D eigenvalue weighted by atomic mass is 10.2. The molecule has 4 heteroatoms. The maximum atomic E-state index is 5.59. The fourth-order valence-electron chi connectivity index (χ4n) is 1.90. The van der Waals surface area contributed by atoms with E-state index in [4.69, 9.17) is 4.74 Å². The Morgan fingerprint density at radius 3 is 3.00 bits per heavy atom. The first-order chi connectivity index (χ1) is 6.45. The summed E-state index contributed by atoms with van der Waals surface area (Å²) in [5.74, 6) is 1.04. The van der Waals surface area contributed by atoms with Crippen molar-refractivity contribution in [3.05, 3.63) is 12.2 Å². The van der Waals surface area contributed by atoms with Crippen molar-refractivity contribution in [2.75, 3.05) is 6.61 Å². The Hall–Kier alpha value is -0.900. The van der Waals surface area contributed by atoms with Gasteiger partial charge in [0.25, 0.3) is 0 Å². The van der Waals surface area contributed by atoms with E-state index in [1.807, 2.05) is 6.33 Å². The topological polar surface area (TPSA) is 39.9 Å². The Balaban J connectivity index is 1.88. The van der Waals surface area contributed by atoms with Crippen molar-refractivity contribution in [2.45, 2.75) is 37.8 Å². The van der Waals surface area contributed by atoms with Crippen LogP contribution in [-0.4, -0.2) is 21.4 Å². The summed E-state index contributed by atoms with van der Waals surface area (Å²) in [4.78, 5) is 0. The smallest absolute Gasteiger partial charge is 0.162 e. The van der Waals surface area contributed by atoms with Gasteiger partial charge in [0.2, 0.25) is 0 Å². The molecule has 70 valence electrons. The van der Waals surface area contributed by atoms with Gasteiger partial charge in [-0.25, -0.2) is 0 Å². The molecule has 1 saturated carbocycles. The van der Waals surface area contributed by atoms with Crippen molar-refractivity contribution in [3.8, 4) is 0 Å². The quantitative estimate of drug-likeness (QED) is 0.690. The summed E-state index contributed by atoms with van der Waals surface area (Å²) in [6.07, 6.45) is 6.86. The van der Waals surface area contributed by atoms with E-state index in [0.29, 0.717) is 6.04 Å². The molecule has 1 atom stereocenters. The van der Waals surface area contributed by atoms with E-state index in [1.165, 1.54) is 12.8 Å². The Bertz CT molecular complexity index is 300. The van der Waals surface area contributed by atoms with Crippen LogP contribution in [0.25, 0.3) is 0 Å². The van der Waals surface area contributed by atoms with Crippen LogP contribution in [0.1, 0.15) is 43.7 Å². The fourth-order valence-corrected chi connectivity index (χ4v) is 1.90. The molecule has 1 aromatic rings. The standard InChI is InChI=1S/C9H13N3O/c1-2-8(13-5-1)9-11-10-6-12(9)7-3-4-7/h6-8H,1-5H2. The average Bonchev–Trinajstić information content (AvgIpc) is 2.72. The van der Waals surface area contributed by atoms with Crippen molar-refractivity contribution >= 4 is 0 Å². The molecule has 2 fully saturated rings. The maximum Gasteiger partial charge on any atom is 0.162 e. The van der Waals surface area contributed by atoms with Crippen LogP contribution in [0.3, 0.4) is 0 Å². The summed E-state index contributed by atoms with van der Waals surface area (Å²) in [6.45, 7) is 0.877. The van der Waals surface area contributed by atoms with Crippen LogP contribution < -0.4 is 0 Å². The maximum absolute atomic E-state index is 5.59. The Labute approximate surface area is 76.9 Å². The Morgan fingerprint density at radius 1 is 1.38 bits per heavy atom. The number of ether oxygens (including phenoxy) is 1. The number of hydrogen-bond donors (Lipinski definition) is 0. The molecule has 0 spiro atoms. The highest BCUT2D eigenvalue weighted by molar-refractivity contribution is 4.99. The minimum absolute atomic E-state index is 0.211. The normalized spacial score (nSPS) is 28.2. The van der Waals surface area contributed by atoms with Gasteiger partial charge >= 0.3 is 0 Å². The van der Waals surface area contributed by atoms with Crippen LogP contribution in [0.5, 0.6) is 0 Å². The molecule has 0 radical (unpaired) electrons. The van der Waals surface area contributed by atoms with Gasteiger partial charge in [0.1, 0.15) is 12.4 Å². The van der Waals surface area contributed by atoms with E-state index < -0.39 is 0 Å². The van der Waals surface area contributed by atoms with E-state index in [0.717, 1.165) is 25.3 Å². The first-order valence-corrected chi connectivity index (χ1v) is 4.96. The van der Waals surface area contributed by atoms with Crippen molar-refractivity contribution in [2.24, 2.45) is 0 Å². The summed E-state index contributed by atoms with van der Waals surface area (Å²) in [7, 11) is 0. The number of aromatic nitrogens is 3. The van der Waals surface area contributed by atoms with Gasteiger partial charge in [0, 0.05) is 12.6 Å². The zero-order valence-corrected chi connectivity index (χ0v) is 7.52. The van der Waals surface area contributed by atoms with Crippen LogP contribution in [0.2, 0.25) is 0 Å². The lowest BCUT2D eigenvalue weighted by Gasteiger charge is -2.09. The highest BCUT2D eigenvalue weighted by Gasteiger charge is 2.30. The lowest BCUT2D eigenvalue weighted by Crippen LogP contribution is -2.06. The van der Waals surface area contributed by atoms with Gasteiger partial charge in [0.05, 0.1) is 0 Å². The number of nitrogens with zero attached hydrogens (tertiary/aromatic N) is 3. The average molecular weight is 179 g/mol. The van der Waals surface area contributed by atoms with Gasteiger partial charge in [-0.2, -0.15) is 0 Å². The zero-order valence-electron chi connectivity index (χ0n) is 7.52.